The van der Waals surface area contributed by atoms with Gasteiger partial charge in [-0.3, -0.25) is 4.79 Å². The largest absolute Gasteiger partial charge is 0.441 e. The fraction of sp³-hybridized carbons (Fsp3) is 0.422. The zero-order valence-electron chi connectivity index (χ0n) is 33.2. The molecule has 0 unspecified atom stereocenters. The normalized spacial score (nSPS) is 18.0. The molecule has 1 heterocycles. The summed E-state index contributed by atoms with van der Waals surface area (Å²) in [6, 6.07) is 37.8. The second-order valence-corrected chi connectivity index (χ2v) is 21.0. The van der Waals surface area contributed by atoms with E-state index in [2.05, 4.69) is 33.9 Å². The SMILES string of the molecule is CC1(C)OC(=O)N(C(=O)[C@@H](OCc2ccccc2)[C@@H](O)[C@@H](OCc2ccccc2)[C@@H](COCc2ccccc2)O[Si](C)(C)C(C)(C)C)[C@H]1Cc1ccccc1. The van der Waals surface area contributed by atoms with Gasteiger partial charge in [0.05, 0.1) is 38.6 Å². The van der Waals surface area contributed by atoms with Gasteiger partial charge in [-0.15, -0.1) is 0 Å². The van der Waals surface area contributed by atoms with Crippen molar-refractivity contribution in [1.82, 2.24) is 4.90 Å². The summed E-state index contributed by atoms with van der Waals surface area (Å²) in [5.74, 6) is -0.718. The number of rotatable bonds is 18. The number of hydrogen-bond acceptors (Lipinski definition) is 8. The monoisotopic (exact) mass is 767 g/mol. The molecule has 1 fully saturated rings. The number of carbonyl (C=O) groups is 2. The first-order chi connectivity index (χ1) is 26.2. The van der Waals surface area contributed by atoms with E-state index in [-0.39, 0.29) is 24.9 Å². The summed E-state index contributed by atoms with van der Waals surface area (Å²) in [5, 5.41) is 12.5. The van der Waals surface area contributed by atoms with Crippen LogP contribution in [0.5, 0.6) is 0 Å². The highest BCUT2D eigenvalue weighted by atomic mass is 28.4. The third-order valence-corrected chi connectivity index (χ3v) is 15.1. The number of imide groups is 1. The number of benzene rings is 4. The van der Waals surface area contributed by atoms with Crippen molar-refractivity contribution in [3.05, 3.63) is 144 Å². The summed E-state index contributed by atoms with van der Waals surface area (Å²) >= 11 is 0. The second-order valence-electron chi connectivity index (χ2n) is 16.3. The molecule has 1 saturated heterocycles. The van der Waals surface area contributed by atoms with E-state index in [1.165, 1.54) is 0 Å². The van der Waals surface area contributed by atoms with Crippen LogP contribution in [-0.2, 0) is 54.4 Å². The van der Waals surface area contributed by atoms with Crippen molar-refractivity contribution in [2.24, 2.45) is 0 Å². The third kappa shape index (κ3) is 11.2. The van der Waals surface area contributed by atoms with E-state index in [0.29, 0.717) is 13.0 Å². The van der Waals surface area contributed by atoms with Crippen LogP contribution in [0.3, 0.4) is 0 Å². The summed E-state index contributed by atoms with van der Waals surface area (Å²) < 4.78 is 32.3. The zero-order valence-corrected chi connectivity index (χ0v) is 34.2. The number of aliphatic hydroxyl groups is 1. The van der Waals surface area contributed by atoms with Crippen molar-refractivity contribution < 1.29 is 38.1 Å². The molecule has 55 heavy (non-hydrogen) atoms. The van der Waals surface area contributed by atoms with Crippen LogP contribution in [0.4, 0.5) is 4.79 Å². The molecule has 0 aromatic heterocycles. The van der Waals surface area contributed by atoms with Crippen LogP contribution in [-0.4, -0.2) is 73.0 Å². The van der Waals surface area contributed by atoms with Gasteiger partial charge in [0, 0.05) is 0 Å². The number of carbonyl (C=O) groups excluding carboxylic acids is 2. The molecule has 1 aliphatic heterocycles. The van der Waals surface area contributed by atoms with E-state index in [1.54, 1.807) is 13.8 Å². The first-order valence-electron chi connectivity index (χ1n) is 19.0. The van der Waals surface area contributed by atoms with Gasteiger partial charge in [-0.05, 0) is 60.7 Å². The molecule has 0 spiro atoms. The smallest absolute Gasteiger partial charge is 0.417 e. The van der Waals surface area contributed by atoms with Crippen LogP contribution in [0.2, 0.25) is 18.1 Å². The molecule has 1 aliphatic rings. The first-order valence-corrected chi connectivity index (χ1v) is 22.0. The molecule has 1 N–H and O–H groups in total. The first kappa shape index (κ1) is 42.0. The predicted molar refractivity (Wildman–Crippen MR) is 216 cm³/mol. The van der Waals surface area contributed by atoms with Gasteiger partial charge >= 0.3 is 6.09 Å². The van der Waals surface area contributed by atoms with Crippen LogP contribution >= 0.6 is 0 Å². The molecule has 5 rings (SSSR count). The highest BCUT2D eigenvalue weighted by molar-refractivity contribution is 6.74. The fourth-order valence-electron chi connectivity index (χ4n) is 6.39. The summed E-state index contributed by atoms with van der Waals surface area (Å²) in [6.45, 7) is 14.7. The number of hydrogen-bond donors (Lipinski definition) is 1. The summed E-state index contributed by atoms with van der Waals surface area (Å²) in [6.07, 6.45) is -5.51. The highest BCUT2D eigenvalue weighted by Gasteiger charge is 2.54. The van der Waals surface area contributed by atoms with E-state index >= 15 is 0 Å². The molecule has 294 valence electrons. The number of amides is 2. The average Bonchev–Trinajstić information content (AvgIpc) is 3.38. The number of aliphatic hydroxyl groups excluding tert-OH is 1. The van der Waals surface area contributed by atoms with E-state index in [9.17, 15) is 14.7 Å². The molecular weight excluding hydrogens is 711 g/mol. The van der Waals surface area contributed by atoms with Gasteiger partial charge in [0.15, 0.2) is 14.4 Å². The molecule has 5 atom stereocenters. The summed E-state index contributed by atoms with van der Waals surface area (Å²) in [5.41, 5.74) is 2.56. The Kier molecular flexibility index (Phi) is 14.2. The lowest BCUT2D eigenvalue weighted by Gasteiger charge is -2.43. The molecule has 4 aromatic carbocycles. The molecule has 9 nitrogen and oxygen atoms in total. The lowest BCUT2D eigenvalue weighted by atomic mass is 9.91. The fourth-order valence-corrected chi connectivity index (χ4v) is 7.71. The van der Waals surface area contributed by atoms with E-state index in [0.717, 1.165) is 27.2 Å². The Labute approximate surface area is 327 Å². The highest BCUT2D eigenvalue weighted by Crippen LogP contribution is 2.39. The Hall–Kier alpha value is -4.16. The maximum Gasteiger partial charge on any atom is 0.417 e. The van der Waals surface area contributed by atoms with E-state index in [4.69, 9.17) is 23.4 Å². The molecule has 0 aliphatic carbocycles. The lowest BCUT2D eigenvalue weighted by Crippen LogP contribution is -2.59. The van der Waals surface area contributed by atoms with Gasteiger partial charge < -0.3 is 28.5 Å². The van der Waals surface area contributed by atoms with Crippen LogP contribution in [0, 0.1) is 0 Å². The average molecular weight is 768 g/mol. The molecule has 2 amide bonds. The van der Waals surface area contributed by atoms with Gasteiger partial charge in [-0.1, -0.05) is 142 Å². The standard InChI is InChI=1S/C45H57NO8Si/c1-44(2,3)55(6,7)54-37(32-50-29-34-22-14-9-15-23-34)40(51-30-35-24-16-10-17-25-35)39(47)41(52-31-36-26-18-11-19-27-36)42(48)46-38(45(4,5)53-43(46)49)28-33-20-12-8-13-21-33/h8-27,37-41,47H,28-32H2,1-7H3/t37-,38+,39+,40+,41+/m1/s1. The minimum atomic E-state index is -2.54. The Morgan fingerprint density at radius 1 is 0.764 bits per heavy atom. The molecule has 0 saturated carbocycles. The number of cyclic esters (lactones) is 1. The Morgan fingerprint density at radius 3 is 1.71 bits per heavy atom. The van der Waals surface area contributed by atoms with Crippen molar-refractivity contribution in [2.45, 2.75) is 115 Å². The Balaban J connectivity index is 1.55. The predicted octanol–water partition coefficient (Wildman–Crippen LogP) is 8.49. The van der Waals surface area contributed by atoms with Gasteiger partial charge in [0.25, 0.3) is 5.91 Å². The van der Waals surface area contributed by atoms with Crippen LogP contribution in [0.25, 0.3) is 0 Å². The van der Waals surface area contributed by atoms with E-state index < -0.39 is 56.4 Å². The van der Waals surface area contributed by atoms with Gasteiger partial charge in [0.1, 0.15) is 17.8 Å². The maximum atomic E-state index is 15.0. The lowest BCUT2D eigenvalue weighted by molar-refractivity contribution is -0.178. The van der Waals surface area contributed by atoms with Gasteiger partial charge in [-0.25, -0.2) is 9.69 Å². The molecular formula is C45H57NO8Si. The Bertz CT molecular complexity index is 1780. The quantitative estimate of drug-likeness (QED) is 0.101. The second kappa shape index (κ2) is 18.6. The van der Waals surface area contributed by atoms with Crippen molar-refractivity contribution in [3.8, 4) is 0 Å². The number of ether oxygens (including phenoxy) is 4. The van der Waals surface area contributed by atoms with Crippen molar-refractivity contribution >= 4 is 20.3 Å². The number of nitrogens with zero attached hydrogens (tertiary/aromatic N) is 1. The molecule has 10 heteroatoms. The van der Waals surface area contributed by atoms with Crippen LogP contribution in [0.1, 0.15) is 56.9 Å². The molecule has 0 bridgehead atoms. The van der Waals surface area contributed by atoms with Crippen LogP contribution in [0.15, 0.2) is 121 Å². The topological polar surface area (TPSA) is 104 Å². The van der Waals surface area contributed by atoms with Crippen molar-refractivity contribution in [1.29, 1.82) is 0 Å². The Morgan fingerprint density at radius 2 is 1.22 bits per heavy atom. The van der Waals surface area contributed by atoms with Gasteiger partial charge in [0.2, 0.25) is 0 Å². The molecule has 0 radical (unpaired) electrons. The summed E-state index contributed by atoms with van der Waals surface area (Å²) in [4.78, 5) is 29.8. The minimum Gasteiger partial charge on any atom is -0.441 e. The minimum absolute atomic E-state index is 0.00634. The third-order valence-electron chi connectivity index (χ3n) is 10.6. The molecule has 4 aromatic rings. The van der Waals surface area contributed by atoms with Crippen molar-refractivity contribution in [3.63, 3.8) is 0 Å². The summed E-state index contributed by atoms with van der Waals surface area (Å²) in [7, 11) is -2.54. The van der Waals surface area contributed by atoms with E-state index in [1.807, 2.05) is 121 Å². The van der Waals surface area contributed by atoms with Crippen LogP contribution < -0.4 is 0 Å². The zero-order chi connectivity index (χ0) is 39.6. The van der Waals surface area contributed by atoms with Gasteiger partial charge in [-0.2, -0.15) is 0 Å². The maximum absolute atomic E-state index is 15.0. The van der Waals surface area contributed by atoms with Crippen molar-refractivity contribution in [2.75, 3.05) is 6.61 Å².